The van der Waals surface area contributed by atoms with E-state index in [0.717, 1.165) is 37.3 Å². The lowest BCUT2D eigenvalue weighted by molar-refractivity contribution is -0.0909. The van der Waals surface area contributed by atoms with Gasteiger partial charge in [0.05, 0.1) is 12.7 Å². The van der Waals surface area contributed by atoms with Crippen molar-refractivity contribution in [3.8, 4) is 0 Å². The molecule has 0 aromatic carbocycles. The molecule has 0 aromatic heterocycles. The number of hydrogen-bond acceptors (Lipinski definition) is 3. The van der Waals surface area contributed by atoms with Crippen LogP contribution < -0.4 is 0 Å². The van der Waals surface area contributed by atoms with Gasteiger partial charge in [0.1, 0.15) is 0 Å². The highest BCUT2D eigenvalue weighted by Gasteiger charge is 2.53. The van der Waals surface area contributed by atoms with Crippen molar-refractivity contribution in [3.63, 3.8) is 0 Å². The fourth-order valence-electron chi connectivity index (χ4n) is 5.83. The van der Waals surface area contributed by atoms with Gasteiger partial charge in [0.2, 0.25) is 0 Å². The van der Waals surface area contributed by atoms with Crippen molar-refractivity contribution >= 4 is 0 Å². The van der Waals surface area contributed by atoms with Crippen molar-refractivity contribution in [1.29, 1.82) is 0 Å². The van der Waals surface area contributed by atoms with E-state index in [1.165, 1.54) is 51.6 Å². The van der Waals surface area contributed by atoms with E-state index in [1.807, 2.05) is 0 Å². The first-order chi connectivity index (χ1) is 10.6. The maximum atomic E-state index is 6.26. The van der Waals surface area contributed by atoms with Gasteiger partial charge in [-0.2, -0.15) is 0 Å². The van der Waals surface area contributed by atoms with Crippen LogP contribution in [0.2, 0.25) is 0 Å². The van der Waals surface area contributed by atoms with E-state index in [-0.39, 0.29) is 6.29 Å². The normalized spacial score (nSPS) is 44.7. The molecule has 2 heterocycles. The summed E-state index contributed by atoms with van der Waals surface area (Å²) in [7, 11) is 0. The van der Waals surface area contributed by atoms with Crippen molar-refractivity contribution in [2.24, 2.45) is 23.2 Å². The Labute approximate surface area is 135 Å². The van der Waals surface area contributed by atoms with Crippen LogP contribution in [-0.4, -0.2) is 43.5 Å². The predicted octanol–water partition coefficient (Wildman–Crippen LogP) is 3.68. The minimum atomic E-state index is 0.0680. The Bertz CT molecular complexity index is 391. The topological polar surface area (TPSA) is 21.7 Å². The molecule has 0 unspecified atom stereocenters. The Morgan fingerprint density at radius 2 is 1.91 bits per heavy atom. The molecular weight excluding hydrogens is 274 g/mol. The van der Waals surface area contributed by atoms with Gasteiger partial charge in [0.15, 0.2) is 6.29 Å². The summed E-state index contributed by atoms with van der Waals surface area (Å²) in [4.78, 5) is 2.57. The van der Waals surface area contributed by atoms with Gasteiger partial charge >= 0.3 is 0 Å². The van der Waals surface area contributed by atoms with Crippen molar-refractivity contribution in [3.05, 3.63) is 0 Å². The number of hydrogen-bond donors (Lipinski definition) is 0. The number of rotatable bonds is 4. The maximum absolute atomic E-state index is 6.26. The molecule has 0 aromatic rings. The van der Waals surface area contributed by atoms with Crippen LogP contribution in [0.15, 0.2) is 0 Å². The molecule has 2 saturated carbocycles. The molecule has 5 atom stereocenters. The molecule has 3 nitrogen and oxygen atoms in total. The highest BCUT2D eigenvalue weighted by atomic mass is 16.7. The highest BCUT2D eigenvalue weighted by molar-refractivity contribution is 5.02. The second-order valence-electron chi connectivity index (χ2n) is 8.82. The highest BCUT2D eigenvalue weighted by Crippen LogP contribution is 2.60. The van der Waals surface area contributed by atoms with E-state index in [9.17, 15) is 0 Å². The van der Waals surface area contributed by atoms with Gasteiger partial charge in [-0.05, 0) is 68.4 Å². The number of likely N-dealkylation sites (tertiary alicyclic amines) is 1. The molecule has 2 aliphatic heterocycles. The maximum Gasteiger partial charge on any atom is 0.158 e. The zero-order valence-corrected chi connectivity index (χ0v) is 14.4. The van der Waals surface area contributed by atoms with E-state index in [4.69, 9.17) is 9.47 Å². The van der Waals surface area contributed by atoms with E-state index in [2.05, 4.69) is 18.7 Å². The van der Waals surface area contributed by atoms with Crippen molar-refractivity contribution in [2.75, 3.05) is 26.2 Å². The quantitative estimate of drug-likeness (QED) is 0.791. The van der Waals surface area contributed by atoms with Crippen molar-refractivity contribution < 1.29 is 9.47 Å². The van der Waals surface area contributed by atoms with Crippen LogP contribution in [0.3, 0.4) is 0 Å². The van der Waals surface area contributed by atoms with E-state index >= 15 is 0 Å². The molecule has 2 aliphatic carbocycles. The molecule has 2 saturated heterocycles. The molecule has 4 rings (SSSR count). The number of fused-ring (bicyclic) bond motifs is 2. The molecule has 0 N–H and O–H groups in total. The largest absolute Gasteiger partial charge is 0.350 e. The monoisotopic (exact) mass is 307 g/mol. The first-order valence-electron chi connectivity index (χ1n) is 9.62. The summed E-state index contributed by atoms with van der Waals surface area (Å²) in [5.41, 5.74) is 0.501. The Hall–Kier alpha value is -0.120. The second-order valence-corrected chi connectivity index (χ2v) is 8.82. The van der Waals surface area contributed by atoms with Crippen molar-refractivity contribution in [2.45, 2.75) is 71.2 Å². The molecule has 4 fully saturated rings. The summed E-state index contributed by atoms with van der Waals surface area (Å²) in [6, 6.07) is 0. The summed E-state index contributed by atoms with van der Waals surface area (Å²) in [5, 5.41) is 0. The lowest BCUT2D eigenvalue weighted by Gasteiger charge is -2.39. The third kappa shape index (κ3) is 2.85. The zero-order chi connectivity index (χ0) is 15.2. The molecule has 0 spiro atoms. The van der Waals surface area contributed by atoms with Crippen molar-refractivity contribution in [1.82, 2.24) is 4.90 Å². The fourth-order valence-corrected chi connectivity index (χ4v) is 5.83. The summed E-state index contributed by atoms with van der Waals surface area (Å²) in [6.07, 6.45) is 9.99. The Kier molecular flexibility index (Phi) is 4.25. The van der Waals surface area contributed by atoms with Gasteiger partial charge in [-0.3, -0.25) is 0 Å². The van der Waals surface area contributed by atoms with Gasteiger partial charge in [0.25, 0.3) is 0 Å². The third-order valence-electron chi connectivity index (χ3n) is 7.22. The summed E-state index contributed by atoms with van der Waals surface area (Å²) in [5.74, 6) is 2.70. The van der Waals surface area contributed by atoms with E-state index < -0.39 is 0 Å². The van der Waals surface area contributed by atoms with Crippen LogP contribution >= 0.6 is 0 Å². The molecule has 4 aliphatic rings. The summed E-state index contributed by atoms with van der Waals surface area (Å²) in [6.45, 7) is 9.37. The first-order valence-corrected chi connectivity index (χ1v) is 9.62. The van der Waals surface area contributed by atoms with E-state index in [0.29, 0.717) is 11.5 Å². The average Bonchev–Trinajstić information content (AvgIpc) is 3.19. The molecule has 22 heavy (non-hydrogen) atoms. The van der Waals surface area contributed by atoms with Gasteiger partial charge in [-0.25, -0.2) is 0 Å². The van der Waals surface area contributed by atoms with Crippen LogP contribution in [0.5, 0.6) is 0 Å². The molecule has 0 radical (unpaired) electrons. The lowest BCUT2D eigenvalue weighted by atomic mass is 9.67. The third-order valence-corrected chi connectivity index (χ3v) is 7.22. The second kappa shape index (κ2) is 6.07. The Balaban J connectivity index is 1.28. The average molecular weight is 307 g/mol. The predicted molar refractivity (Wildman–Crippen MR) is 87.6 cm³/mol. The molecule has 126 valence electrons. The summed E-state index contributed by atoms with van der Waals surface area (Å²) >= 11 is 0. The van der Waals surface area contributed by atoms with Crippen LogP contribution in [0.4, 0.5) is 0 Å². The first kappa shape index (κ1) is 15.4. The fraction of sp³-hybridized carbons (Fsp3) is 1.00. The zero-order valence-electron chi connectivity index (χ0n) is 14.4. The molecule has 0 amide bonds. The van der Waals surface area contributed by atoms with Gasteiger partial charge in [0, 0.05) is 13.0 Å². The molecular formula is C19H33NO2. The van der Waals surface area contributed by atoms with E-state index in [1.54, 1.807) is 0 Å². The minimum Gasteiger partial charge on any atom is -0.350 e. The lowest BCUT2D eigenvalue weighted by Crippen LogP contribution is -2.38. The Morgan fingerprint density at radius 1 is 1.09 bits per heavy atom. The number of piperidine rings is 1. The smallest absolute Gasteiger partial charge is 0.158 e. The summed E-state index contributed by atoms with van der Waals surface area (Å²) < 4.78 is 12.3. The SMILES string of the molecule is CC1(C)[C@@H]2CC[C@H](C2)[C@@H]1C[C@@H]1OC[C@H](CN2CCCCC2)O1. The number of nitrogens with zero attached hydrogens (tertiary/aromatic N) is 1. The molecule has 3 heteroatoms. The van der Waals surface area contributed by atoms with Crippen LogP contribution in [-0.2, 0) is 9.47 Å². The van der Waals surface area contributed by atoms with Crippen LogP contribution in [0, 0.1) is 23.2 Å². The minimum absolute atomic E-state index is 0.0680. The van der Waals surface area contributed by atoms with Gasteiger partial charge in [-0.1, -0.05) is 20.3 Å². The van der Waals surface area contributed by atoms with Crippen LogP contribution in [0.1, 0.15) is 58.8 Å². The van der Waals surface area contributed by atoms with Crippen LogP contribution in [0.25, 0.3) is 0 Å². The van der Waals surface area contributed by atoms with Gasteiger partial charge in [-0.15, -0.1) is 0 Å². The molecule has 2 bridgehead atoms. The standard InChI is InChI=1S/C19H33NO2/c1-19(2)15-7-6-14(10-15)17(19)11-18-21-13-16(22-18)12-20-8-4-3-5-9-20/h14-18H,3-13H2,1-2H3/t14-,15-,16+,17+,18-/m1/s1. The number of ether oxygens (including phenoxy) is 2. The van der Waals surface area contributed by atoms with Gasteiger partial charge < -0.3 is 14.4 Å². The Morgan fingerprint density at radius 3 is 2.64 bits per heavy atom.